The van der Waals surface area contributed by atoms with Crippen LogP contribution in [0.5, 0.6) is 0 Å². The highest BCUT2D eigenvalue weighted by Gasteiger charge is 2.23. The minimum absolute atomic E-state index is 0.0341. The maximum Gasteiger partial charge on any atom is 0.133 e. The van der Waals surface area contributed by atoms with Crippen molar-refractivity contribution in [1.29, 1.82) is 0 Å². The molecule has 0 radical (unpaired) electrons. The van der Waals surface area contributed by atoms with Crippen molar-refractivity contribution in [2.75, 3.05) is 6.54 Å². The Kier molecular flexibility index (Phi) is 7.79. The zero-order valence-electron chi connectivity index (χ0n) is 13.2. The second kappa shape index (κ2) is 9.08. The topological polar surface area (TPSA) is 12.0 Å². The fourth-order valence-corrected chi connectivity index (χ4v) is 2.75. The summed E-state index contributed by atoms with van der Waals surface area (Å²) in [5.41, 5.74) is -0.0341. The van der Waals surface area contributed by atoms with E-state index in [1.807, 2.05) is 6.92 Å². The normalized spacial score (nSPS) is 14.2. The average molecular weight is 301 g/mol. The SMILES string of the molecule is CCCCC(CC)CC(NCC)c1c(F)cc(F)cc1F. The summed E-state index contributed by atoms with van der Waals surface area (Å²) in [5.74, 6) is -2.06. The molecular weight excluding hydrogens is 275 g/mol. The molecular formula is C17H26F3N. The lowest BCUT2D eigenvalue weighted by atomic mass is 9.88. The molecule has 0 amide bonds. The fourth-order valence-electron chi connectivity index (χ4n) is 2.75. The van der Waals surface area contributed by atoms with E-state index in [2.05, 4.69) is 19.2 Å². The van der Waals surface area contributed by atoms with E-state index in [1.54, 1.807) is 0 Å². The van der Waals surface area contributed by atoms with Gasteiger partial charge >= 0.3 is 0 Å². The molecule has 1 nitrogen and oxygen atoms in total. The summed E-state index contributed by atoms with van der Waals surface area (Å²) in [6, 6.07) is 1.11. The lowest BCUT2D eigenvalue weighted by Gasteiger charge is -2.24. The van der Waals surface area contributed by atoms with Crippen LogP contribution in [-0.2, 0) is 0 Å². The minimum atomic E-state index is -0.873. The summed E-state index contributed by atoms with van der Waals surface area (Å²) in [4.78, 5) is 0. The maximum absolute atomic E-state index is 14.0. The number of benzene rings is 1. The second-order valence-corrected chi connectivity index (χ2v) is 5.55. The zero-order chi connectivity index (χ0) is 15.8. The van der Waals surface area contributed by atoms with Gasteiger partial charge < -0.3 is 5.32 Å². The third kappa shape index (κ3) is 5.34. The van der Waals surface area contributed by atoms with Gasteiger partial charge in [0, 0.05) is 23.7 Å². The largest absolute Gasteiger partial charge is 0.310 e. The Balaban J connectivity index is 2.95. The number of rotatable bonds is 9. The standard InChI is InChI=1S/C17H26F3N/c1-4-7-8-12(5-2)9-16(21-6-3)17-14(19)10-13(18)11-15(17)20/h10-12,16,21H,4-9H2,1-3H3. The molecule has 0 aliphatic rings. The molecule has 0 aliphatic carbocycles. The van der Waals surface area contributed by atoms with Crippen LogP contribution in [-0.4, -0.2) is 6.54 Å². The quantitative estimate of drug-likeness (QED) is 0.647. The molecule has 2 atom stereocenters. The van der Waals surface area contributed by atoms with Crippen LogP contribution in [0.2, 0.25) is 0 Å². The number of hydrogen-bond donors (Lipinski definition) is 1. The predicted molar refractivity (Wildman–Crippen MR) is 80.7 cm³/mol. The van der Waals surface area contributed by atoms with Gasteiger partial charge in [-0.25, -0.2) is 13.2 Å². The zero-order valence-corrected chi connectivity index (χ0v) is 13.2. The molecule has 0 spiro atoms. The van der Waals surface area contributed by atoms with Crippen LogP contribution >= 0.6 is 0 Å². The molecule has 0 aliphatic heterocycles. The van der Waals surface area contributed by atoms with Gasteiger partial charge in [0.05, 0.1) is 0 Å². The average Bonchev–Trinajstić information content (AvgIpc) is 2.42. The molecule has 1 aromatic rings. The van der Waals surface area contributed by atoms with Gasteiger partial charge in [0.15, 0.2) is 0 Å². The first-order chi connectivity index (χ1) is 10.0. The fraction of sp³-hybridized carbons (Fsp3) is 0.647. The number of unbranched alkanes of at least 4 members (excludes halogenated alkanes) is 1. The first kappa shape index (κ1) is 18.0. The van der Waals surface area contributed by atoms with Crippen LogP contribution in [0.1, 0.15) is 64.5 Å². The van der Waals surface area contributed by atoms with Gasteiger partial charge in [-0.15, -0.1) is 0 Å². The summed E-state index contributed by atoms with van der Waals surface area (Å²) in [7, 11) is 0. The van der Waals surface area contributed by atoms with Crippen LogP contribution in [0.3, 0.4) is 0 Å². The number of nitrogens with one attached hydrogen (secondary N) is 1. The van der Waals surface area contributed by atoms with Crippen LogP contribution in [0, 0.1) is 23.4 Å². The van der Waals surface area contributed by atoms with Gasteiger partial charge in [-0.3, -0.25) is 0 Å². The van der Waals surface area contributed by atoms with Crippen molar-refractivity contribution in [3.8, 4) is 0 Å². The molecule has 1 rings (SSSR count). The lowest BCUT2D eigenvalue weighted by Crippen LogP contribution is -2.25. The molecule has 4 heteroatoms. The molecule has 2 unspecified atom stereocenters. The first-order valence-corrected chi connectivity index (χ1v) is 7.91. The van der Waals surface area contributed by atoms with E-state index in [1.165, 1.54) is 0 Å². The van der Waals surface area contributed by atoms with Crippen molar-refractivity contribution in [3.63, 3.8) is 0 Å². The second-order valence-electron chi connectivity index (χ2n) is 5.55. The molecule has 0 aromatic heterocycles. The first-order valence-electron chi connectivity index (χ1n) is 7.91. The molecule has 0 bridgehead atoms. The highest BCUT2D eigenvalue weighted by molar-refractivity contribution is 5.24. The van der Waals surface area contributed by atoms with Gasteiger partial charge in [0.1, 0.15) is 17.5 Å². The molecule has 0 saturated carbocycles. The predicted octanol–water partition coefficient (Wildman–Crippen LogP) is 5.36. The summed E-state index contributed by atoms with van der Waals surface area (Å²) in [6.45, 7) is 6.75. The van der Waals surface area contributed by atoms with Crippen molar-refractivity contribution < 1.29 is 13.2 Å². The maximum atomic E-state index is 14.0. The van der Waals surface area contributed by atoms with Crippen LogP contribution in [0.4, 0.5) is 13.2 Å². The van der Waals surface area contributed by atoms with Crippen molar-refractivity contribution in [3.05, 3.63) is 35.1 Å². The Morgan fingerprint density at radius 2 is 1.67 bits per heavy atom. The minimum Gasteiger partial charge on any atom is -0.310 e. The van der Waals surface area contributed by atoms with E-state index < -0.39 is 23.5 Å². The summed E-state index contributed by atoms with van der Waals surface area (Å²) in [6.07, 6.45) is 4.93. The van der Waals surface area contributed by atoms with Gasteiger partial charge in [-0.05, 0) is 18.9 Å². The Morgan fingerprint density at radius 1 is 1.05 bits per heavy atom. The van der Waals surface area contributed by atoms with Crippen molar-refractivity contribution in [2.45, 2.75) is 58.9 Å². The Bertz CT molecular complexity index is 411. The van der Waals surface area contributed by atoms with Gasteiger partial charge in [-0.1, -0.05) is 46.5 Å². The highest BCUT2D eigenvalue weighted by Crippen LogP contribution is 2.30. The summed E-state index contributed by atoms with van der Waals surface area (Å²) >= 11 is 0. The van der Waals surface area contributed by atoms with E-state index in [-0.39, 0.29) is 5.56 Å². The van der Waals surface area contributed by atoms with Gasteiger partial charge in [-0.2, -0.15) is 0 Å². The Morgan fingerprint density at radius 3 is 2.14 bits per heavy atom. The molecule has 1 N–H and O–H groups in total. The van der Waals surface area contributed by atoms with E-state index in [9.17, 15) is 13.2 Å². The van der Waals surface area contributed by atoms with Crippen molar-refractivity contribution >= 4 is 0 Å². The molecule has 0 saturated heterocycles. The summed E-state index contributed by atoms with van der Waals surface area (Å²) in [5, 5.41) is 3.14. The monoisotopic (exact) mass is 301 g/mol. The van der Waals surface area contributed by atoms with E-state index in [0.717, 1.165) is 37.8 Å². The van der Waals surface area contributed by atoms with Gasteiger partial charge in [0.25, 0.3) is 0 Å². The Labute approximate surface area is 125 Å². The number of hydrogen-bond acceptors (Lipinski definition) is 1. The Hall–Kier alpha value is -1.03. The smallest absolute Gasteiger partial charge is 0.133 e. The van der Waals surface area contributed by atoms with Crippen LogP contribution in [0.25, 0.3) is 0 Å². The summed E-state index contributed by atoms with van der Waals surface area (Å²) < 4.78 is 41.0. The van der Waals surface area contributed by atoms with Gasteiger partial charge in [0.2, 0.25) is 0 Å². The molecule has 21 heavy (non-hydrogen) atoms. The molecule has 0 fully saturated rings. The van der Waals surface area contributed by atoms with Crippen molar-refractivity contribution in [1.82, 2.24) is 5.32 Å². The van der Waals surface area contributed by atoms with E-state index >= 15 is 0 Å². The third-order valence-electron chi connectivity index (χ3n) is 3.96. The number of halogens is 3. The molecule has 1 aromatic carbocycles. The lowest BCUT2D eigenvalue weighted by molar-refractivity contribution is 0.342. The van der Waals surface area contributed by atoms with Crippen LogP contribution in [0.15, 0.2) is 12.1 Å². The third-order valence-corrected chi connectivity index (χ3v) is 3.96. The highest BCUT2D eigenvalue weighted by atomic mass is 19.1. The molecule has 0 heterocycles. The molecule has 120 valence electrons. The van der Waals surface area contributed by atoms with Crippen molar-refractivity contribution in [2.24, 2.45) is 5.92 Å². The van der Waals surface area contributed by atoms with Crippen LogP contribution < -0.4 is 5.32 Å². The van der Waals surface area contributed by atoms with E-state index in [4.69, 9.17) is 0 Å². The van der Waals surface area contributed by atoms with E-state index in [0.29, 0.717) is 18.9 Å².